The second-order valence-corrected chi connectivity index (χ2v) is 8.47. The molecule has 8 heteroatoms. The van der Waals surface area contributed by atoms with Crippen LogP contribution in [-0.2, 0) is 16.0 Å². The van der Waals surface area contributed by atoms with Gasteiger partial charge in [-0.3, -0.25) is 9.20 Å². The molecule has 2 aliphatic rings. The molecule has 172 valence electrons. The molecule has 2 saturated heterocycles. The predicted molar refractivity (Wildman–Crippen MR) is 125 cm³/mol. The molecule has 2 fully saturated rings. The number of anilines is 1. The fraction of sp³-hybridized carbons (Fsp3) is 0.652. The van der Waals surface area contributed by atoms with E-state index in [-0.39, 0.29) is 18.0 Å². The molecule has 0 radical (unpaired) electrons. The Kier molecular flexibility index (Phi) is 9.58. The molecule has 4 heterocycles. The molecule has 0 unspecified atom stereocenters. The number of fused-ring (bicyclic) bond motifs is 1. The van der Waals surface area contributed by atoms with Gasteiger partial charge in [0.1, 0.15) is 11.5 Å². The van der Waals surface area contributed by atoms with Crippen molar-refractivity contribution in [2.75, 3.05) is 44.8 Å². The van der Waals surface area contributed by atoms with Gasteiger partial charge in [-0.2, -0.15) is 0 Å². The molecule has 2 aromatic heterocycles. The molecule has 0 amide bonds. The summed E-state index contributed by atoms with van der Waals surface area (Å²) < 4.78 is 12.5. The second-order valence-electron chi connectivity index (χ2n) is 8.47. The molecule has 2 N–H and O–H groups in total. The molecule has 2 aliphatic heterocycles. The van der Waals surface area contributed by atoms with Crippen LogP contribution in [0.25, 0.3) is 5.65 Å². The number of hydrogen-bond donors (Lipinski definition) is 2. The number of nitrogens with zero attached hydrogens (tertiary/aromatic N) is 2. The Morgan fingerprint density at radius 3 is 2.29 bits per heavy atom. The van der Waals surface area contributed by atoms with Gasteiger partial charge in [-0.05, 0) is 69.0 Å². The number of aromatic nitrogens is 2. The lowest BCUT2D eigenvalue weighted by Crippen LogP contribution is -2.29. The molecule has 2 aromatic rings. The number of ether oxygens (including phenoxy) is 2. The Labute approximate surface area is 190 Å². The molecular formula is C23H35ClN4O3. The van der Waals surface area contributed by atoms with Crippen LogP contribution in [0, 0.1) is 11.8 Å². The van der Waals surface area contributed by atoms with E-state index in [2.05, 4.69) is 10.6 Å². The van der Waals surface area contributed by atoms with Gasteiger partial charge < -0.3 is 20.1 Å². The van der Waals surface area contributed by atoms with E-state index in [0.29, 0.717) is 18.1 Å². The Morgan fingerprint density at radius 2 is 1.61 bits per heavy atom. The van der Waals surface area contributed by atoms with E-state index in [1.54, 1.807) is 10.6 Å². The summed E-state index contributed by atoms with van der Waals surface area (Å²) in [6.45, 7) is 5.75. The third-order valence-electron chi connectivity index (χ3n) is 6.39. The SMILES string of the molecule is Cl.O=c1c(CNCCC2CCOCC2)c(NCCC2CCOCC2)nc2ccccn12. The van der Waals surface area contributed by atoms with E-state index in [4.69, 9.17) is 14.5 Å². The zero-order valence-electron chi connectivity index (χ0n) is 18.2. The molecule has 0 spiro atoms. The van der Waals surface area contributed by atoms with Crippen molar-refractivity contribution in [1.82, 2.24) is 14.7 Å². The van der Waals surface area contributed by atoms with Crippen molar-refractivity contribution in [3.05, 3.63) is 40.3 Å². The van der Waals surface area contributed by atoms with Crippen LogP contribution >= 0.6 is 12.4 Å². The first-order chi connectivity index (χ1) is 14.8. The minimum atomic E-state index is 0. The van der Waals surface area contributed by atoms with Gasteiger partial charge >= 0.3 is 0 Å². The van der Waals surface area contributed by atoms with E-state index < -0.39 is 0 Å². The van der Waals surface area contributed by atoms with Crippen molar-refractivity contribution in [1.29, 1.82) is 0 Å². The molecular weight excluding hydrogens is 416 g/mol. The first kappa shape index (κ1) is 24.0. The summed E-state index contributed by atoms with van der Waals surface area (Å²) in [5, 5.41) is 6.95. The first-order valence-electron chi connectivity index (χ1n) is 11.4. The van der Waals surface area contributed by atoms with Gasteiger partial charge in [0.2, 0.25) is 0 Å². The Hall–Kier alpha value is -1.67. The van der Waals surface area contributed by atoms with Gasteiger partial charge in [0.25, 0.3) is 5.56 Å². The van der Waals surface area contributed by atoms with E-state index >= 15 is 0 Å². The Morgan fingerprint density at radius 1 is 0.968 bits per heavy atom. The van der Waals surface area contributed by atoms with Gasteiger partial charge in [0, 0.05) is 45.7 Å². The van der Waals surface area contributed by atoms with Gasteiger partial charge in [-0.1, -0.05) is 6.07 Å². The highest BCUT2D eigenvalue weighted by molar-refractivity contribution is 5.85. The summed E-state index contributed by atoms with van der Waals surface area (Å²) in [5.74, 6) is 2.13. The summed E-state index contributed by atoms with van der Waals surface area (Å²) in [6, 6.07) is 5.67. The van der Waals surface area contributed by atoms with Crippen molar-refractivity contribution in [3.63, 3.8) is 0 Å². The number of halogens is 1. The quantitative estimate of drug-likeness (QED) is 0.571. The smallest absolute Gasteiger partial charge is 0.264 e. The molecule has 0 aromatic carbocycles. The van der Waals surface area contributed by atoms with E-state index in [1.165, 1.54) is 0 Å². The van der Waals surface area contributed by atoms with E-state index in [9.17, 15) is 4.79 Å². The zero-order valence-corrected chi connectivity index (χ0v) is 19.0. The maximum atomic E-state index is 13.1. The van der Waals surface area contributed by atoms with Crippen molar-refractivity contribution in [3.8, 4) is 0 Å². The summed E-state index contributed by atoms with van der Waals surface area (Å²) in [7, 11) is 0. The normalized spacial score (nSPS) is 18.1. The van der Waals surface area contributed by atoms with Crippen molar-refractivity contribution < 1.29 is 9.47 Å². The Bertz CT molecular complexity index is 864. The van der Waals surface area contributed by atoms with Crippen LogP contribution in [0.4, 0.5) is 5.82 Å². The molecule has 0 atom stereocenters. The Balaban J connectivity index is 0.00000272. The summed E-state index contributed by atoms with van der Waals surface area (Å²) in [4.78, 5) is 17.9. The minimum absolute atomic E-state index is 0. The zero-order chi connectivity index (χ0) is 20.6. The van der Waals surface area contributed by atoms with Crippen LogP contribution in [0.5, 0.6) is 0 Å². The highest BCUT2D eigenvalue weighted by Gasteiger charge is 2.17. The lowest BCUT2D eigenvalue weighted by atomic mass is 9.96. The maximum absolute atomic E-state index is 13.1. The standard InChI is InChI=1S/C23H34N4O3.ClH/c28-23-20(17-24-10-4-18-6-13-29-14-7-18)22(26-21-3-1-2-12-27(21)23)25-11-5-19-8-15-30-16-9-19;/h1-3,12,18-19,24-25H,4-11,13-17H2;1H. The lowest BCUT2D eigenvalue weighted by Gasteiger charge is -2.22. The second kappa shape index (κ2) is 12.4. The molecule has 0 bridgehead atoms. The third-order valence-corrected chi connectivity index (χ3v) is 6.39. The average molecular weight is 451 g/mol. The average Bonchev–Trinajstić information content (AvgIpc) is 2.80. The van der Waals surface area contributed by atoms with Crippen LogP contribution < -0.4 is 16.2 Å². The molecule has 4 rings (SSSR count). The minimum Gasteiger partial charge on any atom is -0.381 e. The van der Waals surface area contributed by atoms with Crippen molar-refractivity contribution in [2.24, 2.45) is 11.8 Å². The largest absolute Gasteiger partial charge is 0.381 e. The highest BCUT2D eigenvalue weighted by Crippen LogP contribution is 2.20. The third kappa shape index (κ3) is 6.65. The summed E-state index contributed by atoms with van der Waals surface area (Å²) in [6.07, 6.45) is 8.52. The topological polar surface area (TPSA) is 76.9 Å². The number of nitrogens with one attached hydrogen (secondary N) is 2. The van der Waals surface area contributed by atoms with Crippen LogP contribution in [0.2, 0.25) is 0 Å². The molecule has 31 heavy (non-hydrogen) atoms. The van der Waals surface area contributed by atoms with Crippen LogP contribution in [0.15, 0.2) is 29.2 Å². The van der Waals surface area contributed by atoms with Gasteiger partial charge in [-0.25, -0.2) is 4.98 Å². The van der Waals surface area contributed by atoms with E-state index in [0.717, 1.165) is 95.3 Å². The maximum Gasteiger partial charge on any atom is 0.264 e. The van der Waals surface area contributed by atoms with E-state index in [1.807, 2.05) is 18.2 Å². The van der Waals surface area contributed by atoms with Crippen molar-refractivity contribution >= 4 is 23.9 Å². The molecule has 0 aliphatic carbocycles. The van der Waals surface area contributed by atoms with Gasteiger partial charge in [-0.15, -0.1) is 12.4 Å². The highest BCUT2D eigenvalue weighted by atomic mass is 35.5. The monoisotopic (exact) mass is 450 g/mol. The van der Waals surface area contributed by atoms with Crippen LogP contribution in [0.1, 0.15) is 44.1 Å². The van der Waals surface area contributed by atoms with Crippen LogP contribution in [0.3, 0.4) is 0 Å². The number of pyridine rings is 1. The van der Waals surface area contributed by atoms with Crippen LogP contribution in [-0.4, -0.2) is 48.9 Å². The summed E-state index contributed by atoms with van der Waals surface area (Å²) in [5.41, 5.74) is 1.41. The fourth-order valence-corrected chi connectivity index (χ4v) is 4.42. The van der Waals surface area contributed by atoms with Crippen molar-refractivity contribution in [2.45, 2.75) is 45.1 Å². The van der Waals surface area contributed by atoms with Gasteiger partial charge in [0.05, 0.1) is 5.56 Å². The first-order valence-corrected chi connectivity index (χ1v) is 11.4. The lowest BCUT2D eigenvalue weighted by molar-refractivity contribution is 0.0639. The number of rotatable bonds is 9. The molecule has 7 nitrogen and oxygen atoms in total. The summed E-state index contributed by atoms with van der Waals surface area (Å²) >= 11 is 0. The van der Waals surface area contributed by atoms with Gasteiger partial charge in [0.15, 0.2) is 0 Å². The molecule has 0 saturated carbocycles. The predicted octanol–water partition coefficient (Wildman–Crippen LogP) is 3.25. The fourth-order valence-electron chi connectivity index (χ4n) is 4.42. The number of hydrogen-bond acceptors (Lipinski definition) is 6.